The first-order valence-electron chi connectivity index (χ1n) is 7.85. The van der Waals surface area contributed by atoms with Crippen molar-refractivity contribution in [3.8, 4) is 5.69 Å². The first kappa shape index (κ1) is 18.4. The Morgan fingerprint density at radius 2 is 1.93 bits per heavy atom. The van der Waals surface area contributed by atoms with Crippen LogP contribution in [-0.2, 0) is 17.5 Å². The zero-order chi connectivity index (χ0) is 19.4. The first-order chi connectivity index (χ1) is 12.8. The van der Waals surface area contributed by atoms with Crippen LogP contribution in [0.4, 0.5) is 13.2 Å². The van der Waals surface area contributed by atoms with Gasteiger partial charge >= 0.3 is 6.18 Å². The van der Waals surface area contributed by atoms with Crippen LogP contribution in [0.3, 0.4) is 0 Å². The van der Waals surface area contributed by atoms with Crippen LogP contribution >= 0.6 is 0 Å². The predicted octanol–water partition coefficient (Wildman–Crippen LogP) is 2.63. The molecule has 0 bridgehead atoms. The van der Waals surface area contributed by atoms with Crippen LogP contribution in [0, 0.1) is 0 Å². The van der Waals surface area contributed by atoms with Crippen molar-refractivity contribution in [1.82, 2.24) is 24.8 Å². The van der Waals surface area contributed by atoms with Gasteiger partial charge < -0.3 is 4.57 Å². The minimum atomic E-state index is -4.54. The molecule has 1 aromatic carbocycles. The monoisotopic (exact) mass is 376 g/mol. The molecule has 0 aliphatic heterocycles. The number of hydrogen-bond acceptors (Lipinski definition) is 4. The summed E-state index contributed by atoms with van der Waals surface area (Å²) in [6.45, 7) is 1.34. The zero-order valence-corrected chi connectivity index (χ0v) is 14.2. The Morgan fingerprint density at radius 3 is 2.52 bits per heavy atom. The Kier molecular flexibility index (Phi) is 5.06. The van der Waals surface area contributed by atoms with Crippen LogP contribution in [0.25, 0.3) is 5.69 Å². The van der Waals surface area contributed by atoms with Crippen LogP contribution in [0.2, 0.25) is 0 Å². The molecule has 0 fully saturated rings. The number of rotatable bonds is 5. The quantitative estimate of drug-likeness (QED) is 0.549. The molecule has 0 radical (unpaired) electrons. The van der Waals surface area contributed by atoms with Crippen molar-refractivity contribution >= 4 is 11.6 Å². The number of hydrazone groups is 1. The number of alkyl halides is 3. The smallest absolute Gasteiger partial charge is 0.306 e. The van der Waals surface area contributed by atoms with Gasteiger partial charge in [-0.2, -0.15) is 23.4 Å². The number of benzene rings is 1. The lowest BCUT2D eigenvalue weighted by atomic mass is 10.1. The Bertz CT molecular complexity index is 942. The second kappa shape index (κ2) is 7.44. The van der Waals surface area contributed by atoms with E-state index in [0.29, 0.717) is 5.71 Å². The zero-order valence-electron chi connectivity index (χ0n) is 14.2. The van der Waals surface area contributed by atoms with Gasteiger partial charge in [-0.1, -0.05) is 12.1 Å². The van der Waals surface area contributed by atoms with Crippen molar-refractivity contribution in [2.45, 2.75) is 19.6 Å². The first-order valence-corrected chi connectivity index (χ1v) is 7.85. The summed E-state index contributed by atoms with van der Waals surface area (Å²) in [5, 5.41) is 7.29. The number of imidazole rings is 1. The standard InChI is InChI=1S/C17H15F3N6O/c1-12(13-2-4-14(5-3-13)25-9-7-21-11-25)22-23-16(27)10-26-8-6-15(24-26)17(18,19)20/h2-9,11H,10H2,1H3,(H,23,27). The Hall–Kier alpha value is -3.43. The molecule has 7 nitrogen and oxygen atoms in total. The molecule has 1 N–H and O–H groups in total. The van der Waals surface area contributed by atoms with Gasteiger partial charge in [0.25, 0.3) is 5.91 Å². The van der Waals surface area contributed by atoms with Crippen LogP contribution < -0.4 is 5.43 Å². The Morgan fingerprint density at radius 1 is 1.19 bits per heavy atom. The van der Waals surface area contributed by atoms with Gasteiger partial charge in [-0.05, 0) is 30.7 Å². The predicted molar refractivity (Wildman–Crippen MR) is 91.1 cm³/mol. The van der Waals surface area contributed by atoms with Crippen molar-refractivity contribution in [3.63, 3.8) is 0 Å². The summed E-state index contributed by atoms with van der Waals surface area (Å²) in [6, 6.07) is 8.23. The summed E-state index contributed by atoms with van der Waals surface area (Å²) in [4.78, 5) is 15.8. The molecule has 140 valence electrons. The molecule has 2 aromatic heterocycles. The van der Waals surface area contributed by atoms with E-state index in [4.69, 9.17) is 0 Å². The maximum atomic E-state index is 12.5. The molecular weight excluding hydrogens is 361 g/mol. The normalized spacial score (nSPS) is 12.2. The van der Waals surface area contributed by atoms with Crippen molar-refractivity contribution in [1.29, 1.82) is 0 Å². The molecule has 0 unspecified atom stereocenters. The summed E-state index contributed by atoms with van der Waals surface area (Å²) < 4.78 is 40.2. The van der Waals surface area contributed by atoms with Gasteiger partial charge in [-0.25, -0.2) is 10.4 Å². The number of hydrogen-bond donors (Lipinski definition) is 1. The van der Waals surface area contributed by atoms with Gasteiger partial charge in [0.1, 0.15) is 6.54 Å². The average Bonchev–Trinajstić information content (AvgIpc) is 3.31. The molecule has 0 aliphatic rings. The fourth-order valence-corrected chi connectivity index (χ4v) is 2.28. The van der Waals surface area contributed by atoms with E-state index in [1.165, 1.54) is 0 Å². The SMILES string of the molecule is CC(=NNC(=O)Cn1ccc(C(F)(F)F)n1)c1ccc(-n2ccnc2)cc1. The van der Waals surface area contributed by atoms with Crippen molar-refractivity contribution in [2.75, 3.05) is 0 Å². The molecule has 0 aliphatic carbocycles. The molecule has 0 saturated carbocycles. The van der Waals surface area contributed by atoms with Gasteiger partial charge in [0.2, 0.25) is 0 Å². The van der Waals surface area contributed by atoms with Gasteiger partial charge in [-0.15, -0.1) is 0 Å². The maximum Gasteiger partial charge on any atom is 0.435 e. The average molecular weight is 376 g/mol. The number of amides is 1. The van der Waals surface area contributed by atoms with E-state index in [9.17, 15) is 18.0 Å². The maximum absolute atomic E-state index is 12.5. The van der Waals surface area contributed by atoms with Crippen LogP contribution in [0.5, 0.6) is 0 Å². The number of carbonyl (C=O) groups is 1. The van der Waals surface area contributed by atoms with Crippen molar-refractivity contribution in [3.05, 3.63) is 66.5 Å². The minimum Gasteiger partial charge on any atom is -0.306 e. The van der Waals surface area contributed by atoms with E-state index >= 15 is 0 Å². The fraction of sp³-hybridized carbons (Fsp3) is 0.176. The van der Waals surface area contributed by atoms with E-state index < -0.39 is 17.8 Å². The summed E-state index contributed by atoms with van der Waals surface area (Å²) in [6.07, 6.45) is 1.71. The lowest BCUT2D eigenvalue weighted by Crippen LogP contribution is -2.24. The third-order valence-corrected chi connectivity index (χ3v) is 3.67. The third-order valence-electron chi connectivity index (χ3n) is 3.67. The highest BCUT2D eigenvalue weighted by atomic mass is 19.4. The summed E-state index contributed by atoms with van der Waals surface area (Å²) in [5.41, 5.74) is 3.53. The summed E-state index contributed by atoms with van der Waals surface area (Å²) >= 11 is 0. The molecule has 0 spiro atoms. The van der Waals surface area contributed by atoms with Gasteiger partial charge in [-0.3, -0.25) is 9.48 Å². The number of halogens is 3. The molecule has 0 atom stereocenters. The second-order valence-corrected chi connectivity index (χ2v) is 5.65. The number of aromatic nitrogens is 4. The Labute approximate surface area is 152 Å². The number of nitrogens with zero attached hydrogens (tertiary/aromatic N) is 5. The molecule has 10 heteroatoms. The van der Waals surface area contributed by atoms with Gasteiger partial charge in [0.15, 0.2) is 5.69 Å². The number of nitrogens with one attached hydrogen (secondary N) is 1. The largest absolute Gasteiger partial charge is 0.435 e. The summed E-state index contributed by atoms with van der Waals surface area (Å²) in [7, 11) is 0. The minimum absolute atomic E-state index is 0.369. The number of carbonyl (C=O) groups excluding carboxylic acids is 1. The summed E-state index contributed by atoms with van der Waals surface area (Å²) in [5.74, 6) is -0.582. The Balaban J connectivity index is 1.59. The van der Waals surface area contributed by atoms with Crippen molar-refractivity contribution < 1.29 is 18.0 Å². The second-order valence-electron chi connectivity index (χ2n) is 5.65. The van der Waals surface area contributed by atoms with Crippen LogP contribution in [0.15, 0.2) is 60.4 Å². The van der Waals surface area contributed by atoms with Gasteiger partial charge in [0, 0.05) is 24.3 Å². The lowest BCUT2D eigenvalue weighted by molar-refractivity contribution is -0.141. The van der Waals surface area contributed by atoms with Crippen LogP contribution in [-0.4, -0.2) is 31.0 Å². The van der Waals surface area contributed by atoms with E-state index in [1.54, 1.807) is 19.4 Å². The van der Waals surface area contributed by atoms with Crippen molar-refractivity contribution in [2.24, 2.45) is 5.10 Å². The van der Waals surface area contributed by atoms with Gasteiger partial charge in [0.05, 0.1) is 12.0 Å². The fourth-order valence-electron chi connectivity index (χ4n) is 2.28. The highest BCUT2D eigenvalue weighted by Gasteiger charge is 2.33. The molecule has 2 heterocycles. The van der Waals surface area contributed by atoms with E-state index in [0.717, 1.165) is 28.2 Å². The molecule has 3 aromatic rings. The topological polar surface area (TPSA) is 77.1 Å². The molecule has 0 saturated heterocycles. The lowest BCUT2D eigenvalue weighted by Gasteiger charge is -2.06. The highest BCUT2D eigenvalue weighted by Crippen LogP contribution is 2.27. The van der Waals surface area contributed by atoms with E-state index in [1.807, 2.05) is 35.0 Å². The highest BCUT2D eigenvalue weighted by molar-refractivity contribution is 5.99. The third kappa shape index (κ3) is 4.60. The molecule has 27 heavy (non-hydrogen) atoms. The van der Waals surface area contributed by atoms with E-state index in [-0.39, 0.29) is 6.54 Å². The molecular formula is C17H15F3N6O. The molecule has 3 rings (SSSR count). The molecule has 1 amide bonds. The van der Waals surface area contributed by atoms with E-state index in [2.05, 4.69) is 20.6 Å². The van der Waals surface area contributed by atoms with Crippen LogP contribution in [0.1, 0.15) is 18.2 Å².